The molecular weight excluding hydrogens is 268 g/mol. The molecule has 1 nitrogen and oxygen atoms in total. The molecule has 3 aromatic rings. The fraction of sp³-hybridized carbons (Fsp3) is 0.143. The van der Waals surface area contributed by atoms with Gasteiger partial charge in [-0.05, 0) is 42.5 Å². The highest BCUT2D eigenvalue weighted by Crippen LogP contribution is 2.41. The molecule has 0 aromatic heterocycles. The van der Waals surface area contributed by atoms with Crippen molar-refractivity contribution < 1.29 is 4.74 Å². The largest absolute Gasteiger partial charge is 0.483 e. The Morgan fingerprint density at radius 1 is 0.818 bits per heavy atom. The van der Waals surface area contributed by atoms with Crippen molar-refractivity contribution in [3.63, 3.8) is 0 Å². The average molecular weight is 286 g/mol. The van der Waals surface area contributed by atoms with Crippen molar-refractivity contribution in [2.24, 2.45) is 0 Å². The highest BCUT2D eigenvalue weighted by atomic mass is 16.5. The van der Waals surface area contributed by atoms with Gasteiger partial charge in [-0.25, -0.2) is 0 Å². The van der Waals surface area contributed by atoms with Crippen LogP contribution >= 0.6 is 0 Å². The fourth-order valence-electron chi connectivity index (χ4n) is 3.05. The van der Waals surface area contributed by atoms with Gasteiger partial charge in [0.15, 0.2) is 0 Å². The smallest absolute Gasteiger partial charge is 0.135 e. The Hall–Kier alpha value is -2.54. The molecule has 0 fully saturated rings. The van der Waals surface area contributed by atoms with E-state index in [9.17, 15) is 0 Å². The summed E-state index contributed by atoms with van der Waals surface area (Å²) in [6.07, 6.45) is 4.30. The monoisotopic (exact) mass is 286 g/mol. The SMILES string of the molecule is CC1(C)C=Cc2cc(-c3ccccc3)c3ccccc3c2O1. The molecule has 1 aliphatic rings. The summed E-state index contributed by atoms with van der Waals surface area (Å²) in [5.41, 5.74) is 3.38. The molecule has 0 unspecified atom stereocenters. The molecule has 1 aliphatic heterocycles. The Balaban J connectivity index is 2.05. The number of ether oxygens (including phenoxy) is 1. The van der Waals surface area contributed by atoms with Crippen LogP contribution in [-0.4, -0.2) is 5.60 Å². The zero-order chi connectivity index (χ0) is 15.2. The number of hydrogen-bond acceptors (Lipinski definition) is 1. The molecule has 0 saturated heterocycles. The number of fused-ring (bicyclic) bond motifs is 3. The summed E-state index contributed by atoms with van der Waals surface area (Å²) in [5.74, 6) is 0.989. The second-order valence-electron chi connectivity index (χ2n) is 6.29. The van der Waals surface area contributed by atoms with Crippen LogP contribution in [0.1, 0.15) is 19.4 Å². The molecule has 1 heterocycles. The first-order valence-electron chi connectivity index (χ1n) is 7.63. The maximum atomic E-state index is 6.24. The van der Waals surface area contributed by atoms with Crippen molar-refractivity contribution in [1.29, 1.82) is 0 Å². The van der Waals surface area contributed by atoms with Crippen LogP contribution in [-0.2, 0) is 0 Å². The quantitative estimate of drug-likeness (QED) is 0.558. The molecule has 3 aromatic carbocycles. The predicted molar refractivity (Wildman–Crippen MR) is 93.1 cm³/mol. The highest BCUT2D eigenvalue weighted by Gasteiger charge is 2.24. The first-order chi connectivity index (χ1) is 10.6. The van der Waals surface area contributed by atoms with Crippen molar-refractivity contribution in [2.75, 3.05) is 0 Å². The second kappa shape index (κ2) is 4.74. The predicted octanol–water partition coefficient (Wildman–Crippen LogP) is 5.69. The molecule has 0 spiro atoms. The molecule has 0 N–H and O–H groups in total. The molecule has 4 rings (SSSR count). The summed E-state index contributed by atoms with van der Waals surface area (Å²) < 4.78 is 6.24. The molecule has 0 atom stereocenters. The van der Waals surface area contributed by atoms with Crippen LogP contribution in [0.2, 0.25) is 0 Å². The van der Waals surface area contributed by atoms with Gasteiger partial charge in [0.2, 0.25) is 0 Å². The van der Waals surface area contributed by atoms with E-state index < -0.39 is 0 Å². The number of rotatable bonds is 1. The Labute approximate surface area is 130 Å². The van der Waals surface area contributed by atoms with Gasteiger partial charge in [-0.2, -0.15) is 0 Å². The third-order valence-electron chi connectivity index (χ3n) is 4.14. The summed E-state index contributed by atoms with van der Waals surface area (Å²) in [5, 5.41) is 2.41. The van der Waals surface area contributed by atoms with Gasteiger partial charge >= 0.3 is 0 Å². The lowest BCUT2D eigenvalue weighted by Crippen LogP contribution is -2.27. The van der Waals surface area contributed by atoms with Crippen molar-refractivity contribution >= 4 is 16.8 Å². The van der Waals surface area contributed by atoms with Gasteiger partial charge in [-0.1, -0.05) is 60.7 Å². The lowest BCUT2D eigenvalue weighted by Gasteiger charge is -2.29. The Morgan fingerprint density at radius 2 is 1.50 bits per heavy atom. The summed E-state index contributed by atoms with van der Waals surface area (Å²) in [6.45, 7) is 4.18. The first kappa shape index (κ1) is 13.1. The molecule has 0 amide bonds. The minimum atomic E-state index is -0.260. The fourth-order valence-corrected chi connectivity index (χ4v) is 3.05. The number of benzene rings is 3. The lowest BCUT2D eigenvalue weighted by atomic mass is 9.92. The average Bonchev–Trinajstić information content (AvgIpc) is 2.54. The van der Waals surface area contributed by atoms with Crippen molar-refractivity contribution in [3.05, 3.63) is 72.3 Å². The van der Waals surface area contributed by atoms with Crippen LogP contribution in [0.5, 0.6) is 5.75 Å². The van der Waals surface area contributed by atoms with Crippen LogP contribution in [0.3, 0.4) is 0 Å². The summed E-state index contributed by atoms with van der Waals surface area (Å²) in [6, 6.07) is 21.3. The third-order valence-corrected chi connectivity index (χ3v) is 4.14. The Kier molecular flexibility index (Phi) is 2.83. The maximum absolute atomic E-state index is 6.24. The van der Waals surface area contributed by atoms with E-state index in [1.807, 2.05) is 0 Å². The maximum Gasteiger partial charge on any atom is 0.135 e. The molecular formula is C21H18O. The Morgan fingerprint density at radius 3 is 2.27 bits per heavy atom. The third kappa shape index (κ3) is 2.10. The Bertz CT molecular complexity index is 873. The van der Waals surface area contributed by atoms with E-state index in [1.54, 1.807) is 0 Å². The molecule has 108 valence electrons. The molecule has 0 radical (unpaired) electrons. The standard InChI is InChI=1S/C21H18O/c1-21(2)13-12-16-14-19(15-8-4-3-5-9-15)17-10-6-7-11-18(17)20(16)22-21/h3-14H,1-2H3. The van der Waals surface area contributed by atoms with Crippen LogP contribution in [0.15, 0.2) is 66.7 Å². The van der Waals surface area contributed by atoms with Crippen LogP contribution in [0.25, 0.3) is 28.0 Å². The van der Waals surface area contributed by atoms with E-state index in [0.717, 1.165) is 11.3 Å². The van der Waals surface area contributed by atoms with Gasteiger partial charge < -0.3 is 4.74 Å². The van der Waals surface area contributed by atoms with E-state index in [2.05, 4.69) is 86.7 Å². The van der Waals surface area contributed by atoms with Crippen molar-refractivity contribution in [3.8, 4) is 16.9 Å². The van der Waals surface area contributed by atoms with Crippen LogP contribution in [0, 0.1) is 0 Å². The van der Waals surface area contributed by atoms with E-state index in [0.29, 0.717) is 0 Å². The van der Waals surface area contributed by atoms with E-state index in [1.165, 1.54) is 21.9 Å². The highest BCUT2D eigenvalue weighted by molar-refractivity contribution is 6.02. The second-order valence-corrected chi connectivity index (χ2v) is 6.29. The van der Waals surface area contributed by atoms with Gasteiger partial charge in [0.1, 0.15) is 11.4 Å². The van der Waals surface area contributed by atoms with E-state index in [-0.39, 0.29) is 5.60 Å². The summed E-state index contributed by atoms with van der Waals surface area (Å²) in [7, 11) is 0. The molecule has 0 aliphatic carbocycles. The summed E-state index contributed by atoms with van der Waals surface area (Å²) in [4.78, 5) is 0. The zero-order valence-electron chi connectivity index (χ0n) is 12.8. The molecule has 0 bridgehead atoms. The molecule has 0 saturated carbocycles. The van der Waals surface area contributed by atoms with E-state index >= 15 is 0 Å². The van der Waals surface area contributed by atoms with Gasteiger partial charge in [0.25, 0.3) is 0 Å². The van der Waals surface area contributed by atoms with Gasteiger partial charge in [-0.3, -0.25) is 0 Å². The molecule has 1 heteroatoms. The van der Waals surface area contributed by atoms with Crippen LogP contribution in [0.4, 0.5) is 0 Å². The summed E-state index contributed by atoms with van der Waals surface area (Å²) >= 11 is 0. The minimum Gasteiger partial charge on any atom is -0.483 e. The van der Waals surface area contributed by atoms with Crippen molar-refractivity contribution in [1.82, 2.24) is 0 Å². The van der Waals surface area contributed by atoms with E-state index in [4.69, 9.17) is 4.74 Å². The number of hydrogen-bond donors (Lipinski definition) is 0. The van der Waals surface area contributed by atoms with Gasteiger partial charge in [-0.15, -0.1) is 0 Å². The van der Waals surface area contributed by atoms with Crippen LogP contribution < -0.4 is 4.74 Å². The first-order valence-corrected chi connectivity index (χ1v) is 7.63. The lowest BCUT2D eigenvalue weighted by molar-refractivity contribution is 0.161. The van der Waals surface area contributed by atoms with Crippen molar-refractivity contribution in [2.45, 2.75) is 19.4 Å². The van der Waals surface area contributed by atoms with Gasteiger partial charge in [0.05, 0.1) is 0 Å². The minimum absolute atomic E-state index is 0.260. The zero-order valence-corrected chi connectivity index (χ0v) is 12.8. The topological polar surface area (TPSA) is 9.23 Å². The molecule has 22 heavy (non-hydrogen) atoms. The normalized spacial score (nSPS) is 15.4. The van der Waals surface area contributed by atoms with Gasteiger partial charge in [0, 0.05) is 10.9 Å².